The Labute approximate surface area is 118 Å². The lowest BCUT2D eigenvalue weighted by atomic mass is 10.0. The number of aryl methyl sites for hydroxylation is 2. The van der Waals surface area contributed by atoms with E-state index in [2.05, 4.69) is 11.9 Å². The molecule has 98 valence electrons. The van der Waals surface area contributed by atoms with Crippen LogP contribution in [0.2, 0.25) is 5.02 Å². The molecule has 0 amide bonds. The molecule has 0 aliphatic heterocycles. The van der Waals surface area contributed by atoms with E-state index in [0.717, 1.165) is 17.7 Å². The Balaban J connectivity index is 2.15. The van der Waals surface area contributed by atoms with Gasteiger partial charge in [-0.3, -0.25) is 9.78 Å². The van der Waals surface area contributed by atoms with Crippen molar-refractivity contribution in [3.05, 3.63) is 63.9 Å². The van der Waals surface area contributed by atoms with E-state index in [9.17, 15) is 4.79 Å². The van der Waals surface area contributed by atoms with Gasteiger partial charge in [-0.1, -0.05) is 24.6 Å². The van der Waals surface area contributed by atoms with Crippen LogP contribution >= 0.6 is 11.6 Å². The smallest absolute Gasteiger partial charge is 0.168 e. The van der Waals surface area contributed by atoms with Gasteiger partial charge in [0.2, 0.25) is 0 Å². The minimum absolute atomic E-state index is 0.0438. The first-order chi connectivity index (χ1) is 9.08. The van der Waals surface area contributed by atoms with Crippen molar-refractivity contribution in [2.75, 3.05) is 0 Å². The van der Waals surface area contributed by atoms with Gasteiger partial charge in [0.25, 0.3) is 0 Å². The Kier molecular flexibility index (Phi) is 4.33. The van der Waals surface area contributed by atoms with E-state index >= 15 is 0 Å². The number of carbonyl (C=O) groups excluding carboxylic acids is 1. The standard InChI is InChI=1S/C16H16ClNO/c1-3-12-4-5-15(18-10-12)9-16(19)13-6-11(2)7-14(17)8-13/h4-8,10H,3,9H2,1-2H3. The molecule has 2 rings (SSSR count). The normalized spacial score (nSPS) is 10.5. The van der Waals surface area contributed by atoms with E-state index < -0.39 is 0 Å². The van der Waals surface area contributed by atoms with Crippen LogP contribution in [-0.2, 0) is 12.8 Å². The molecule has 3 heteroatoms. The zero-order chi connectivity index (χ0) is 13.8. The molecule has 1 aromatic carbocycles. The maximum atomic E-state index is 12.2. The Hall–Kier alpha value is -1.67. The van der Waals surface area contributed by atoms with Crippen molar-refractivity contribution in [3.63, 3.8) is 0 Å². The summed E-state index contributed by atoms with van der Waals surface area (Å²) in [7, 11) is 0. The van der Waals surface area contributed by atoms with Gasteiger partial charge >= 0.3 is 0 Å². The summed E-state index contributed by atoms with van der Waals surface area (Å²) in [5.74, 6) is 0.0438. The van der Waals surface area contributed by atoms with E-state index in [1.165, 1.54) is 5.56 Å². The van der Waals surface area contributed by atoms with Gasteiger partial charge in [-0.25, -0.2) is 0 Å². The molecule has 0 radical (unpaired) electrons. The van der Waals surface area contributed by atoms with Crippen LogP contribution in [0.15, 0.2) is 36.5 Å². The first kappa shape index (κ1) is 13.8. The summed E-state index contributed by atoms with van der Waals surface area (Å²) in [6.07, 6.45) is 3.09. The topological polar surface area (TPSA) is 30.0 Å². The summed E-state index contributed by atoms with van der Waals surface area (Å²) in [4.78, 5) is 16.5. The first-order valence-corrected chi connectivity index (χ1v) is 6.70. The number of carbonyl (C=O) groups is 1. The van der Waals surface area contributed by atoms with Gasteiger partial charge in [-0.15, -0.1) is 0 Å². The fraction of sp³-hybridized carbons (Fsp3) is 0.250. The molecule has 1 heterocycles. The van der Waals surface area contributed by atoms with Crippen molar-refractivity contribution in [2.45, 2.75) is 26.7 Å². The van der Waals surface area contributed by atoms with Crippen LogP contribution in [0.3, 0.4) is 0 Å². The SMILES string of the molecule is CCc1ccc(CC(=O)c2cc(C)cc(Cl)c2)nc1. The van der Waals surface area contributed by atoms with Crippen LogP contribution in [0.1, 0.15) is 34.1 Å². The van der Waals surface area contributed by atoms with Gasteiger partial charge in [0.15, 0.2) is 5.78 Å². The van der Waals surface area contributed by atoms with Crippen LogP contribution in [0.5, 0.6) is 0 Å². The summed E-state index contributed by atoms with van der Waals surface area (Å²) in [6.45, 7) is 4.01. The molecule has 0 unspecified atom stereocenters. The maximum Gasteiger partial charge on any atom is 0.168 e. The molecule has 2 nitrogen and oxygen atoms in total. The van der Waals surface area contributed by atoms with Crippen molar-refractivity contribution in [1.82, 2.24) is 4.98 Å². The van der Waals surface area contributed by atoms with Gasteiger partial charge in [-0.05, 0) is 48.7 Å². The molecular formula is C16H16ClNO. The minimum atomic E-state index is 0.0438. The summed E-state index contributed by atoms with van der Waals surface area (Å²) < 4.78 is 0. The van der Waals surface area contributed by atoms with Crippen LogP contribution in [-0.4, -0.2) is 10.8 Å². The average molecular weight is 274 g/mol. The minimum Gasteiger partial charge on any atom is -0.294 e. The van der Waals surface area contributed by atoms with Crippen LogP contribution in [0.25, 0.3) is 0 Å². The fourth-order valence-corrected chi connectivity index (χ4v) is 2.22. The number of ketones is 1. The lowest BCUT2D eigenvalue weighted by molar-refractivity contribution is 0.0992. The molecule has 2 aromatic rings. The maximum absolute atomic E-state index is 12.2. The van der Waals surface area contributed by atoms with E-state index in [4.69, 9.17) is 11.6 Å². The number of nitrogens with zero attached hydrogens (tertiary/aromatic N) is 1. The molecule has 0 aliphatic carbocycles. The number of halogens is 1. The molecular weight excluding hydrogens is 258 g/mol. The van der Waals surface area contributed by atoms with Gasteiger partial charge in [-0.2, -0.15) is 0 Å². The van der Waals surface area contributed by atoms with Crippen LogP contribution < -0.4 is 0 Å². The molecule has 0 saturated carbocycles. The van der Waals surface area contributed by atoms with E-state index in [1.54, 1.807) is 6.07 Å². The second kappa shape index (κ2) is 5.98. The third-order valence-corrected chi connectivity index (χ3v) is 3.22. The number of pyridine rings is 1. The quantitative estimate of drug-likeness (QED) is 0.787. The molecule has 0 saturated heterocycles. The molecule has 1 aromatic heterocycles. The second-order valence-corrected chi connectivity index (χ2v) is 5.06. The Morgan fingerprint density at radius 3 is 2.63 bits per heavy atom. The van der Waals surface area contributed by atoms with Crippen molar-refractivity contribution in [3.8, 4) is 0 Å². The first-order valence-electron chi connectivity index (χ1n) is 6.32. The number of aromatic nitrogens is 1. The summed E-state index contributed by atoms with van der Waals surface area (Å²) >= 11 is 5.97. The molecule has 0 aliphatic rings. The van der Waals surface area contributed by atoms with Gasteiger partial charge < -0.3 is 0 Å². The predicted octanol–water partition coefficient (Wildman–Crippen LogP) is 4.03. The summed E-state index contributed by atoms with van der Waals surface area (Å²) in [5.41, 5.74) is 3.60. The third-order valence-electron chi connectivity index (χ3n) is 3.00. The highest BCUT2D eigenvalue weighted by molar-refractivity contribution is 6.31. The van der Waals surface area contributed by atoms with E-state index in [-0.39, 0.29) is 5.78 Å². The number of benzene rings is 1. The predicted molar refractivity (Wildman–Crippen MR) is 77.8 cm³/mol. The van der Waals surface area contributed by atoms with E-state index in [0.29, 0.717) is 17.0 Å². The number of hydrogen-bond donors (Lipinski definition) is 0. The highest BCUT2D eigenvalue weighted by atomic mass is 35.5. The van der Waals surface area contributed by atoms with E-state index in [1.807, 2.05) is 37.4 Å². The Morgan fingerprint density at radius 2 is 2.05 bits per heavy atom. The highest BCUT2D eigenvalue weighted by Crippen LogP contribution is 2.16. The van der Waals surface area contributed by atoms with Crippen LogP contribution in [0.4, 0.5) is 0 Å². The second-order valence-electron chi connectivity index (χ2n) is 4.63. The van der Waals surface area contributed by atoms with Crippen molar-refractivity contribution >= 4 is 17.4 Å². The molecule has 0 fully saturated rings. The van der Waals surface area contributed by atoms with Gasteiger partial charge in [0.1, 0.15) is 0 Å². The monoisotopic (exact) mass is 273 g/mol. The van der Waals surface area contributed by atoms with Gasteiger partial charge in [0.05, 0.1) is 6.42 Å². The largest absolute Gasteiger partial charge is 0.294 e. The number of rotatable bonds is 4. The molecule has 0 atom stereocenters. The lowest BCUT2D eigenvalue weighted by Crippen LogP contribution is -2.05. The zero-order valence-electron chi connectivity index (χ0n) is 11.1. The highest BCUT2D eigenvalue weighted by Gasteiger charge is 2.09. The average Bonchev–Trinajstić information content (AvgIpc) is 2.38. The van der Waals surface area contributed by atoms with Crippen molar-refractivity contribution < 1.29 is 4.79 Å². The number of Topliss-reactive ketones (excluding diaryl/α,β-unsaturated/α-hetero) is 1. The Morgan fingerprint density at radius 1 is 1.26 bits per heavy atom. The molecule has 19 heavy (non-hydrogen) atoms. The molecule has 0 N–H and O–H groups in total. The van der Waals surface area contributed by atoms with Gasteiger partial charge in [0, 0.05) is 22.5 Å². The molecule has 0 bridgehead atoms. The fourth-order valence-electron chi connectivity index (χ4n) is 1.93. The zero-order valence-corrected chi connectivity index (χ0v) is 11.9. The summed E-state index contributed by atoms with van der Waals surface area (Å²) in [5, 5.41) is 0.595. The summed E-state index contributed by atoms with van der Waals surface area (Å²) in [6, 6.07) is 9.32. The molecule has 0 spiro atoms. The van der Waals surface area contributed by atoms with Crippen molar-refractivity contribution in [2.24, 2.45) is 0 Å². The number of hydrogen-bond acceptors (Lipinski definition) is 2. The Bertz CT molecular complexity index is 570. The third kappa shape index (κ3) is 3.65. The van der Waals surface area contributed by atoms with Crippen LogP contribution in [0, 0.1) is 6.92 Å². The lowest BCUT2D eigenvalue weighted by Gasteiger charge is -2.04. The van der Waals surface area contributed by atoms with Crippen molar-refractivity contribution in [1.29, 1.82) is 0 Å².